The maximum Gasteiger partial charge on any atom is 0.191 e. The predicted octanol–water partition coefficient (Wildman–Crippen LogP) is 1.59. The summed E-state index contributed by atoms with van der Waals surface area (Å²) in [7, 11) is 0. The number of rotatable bonds is 5. The first-order valence-corrected chi connectivity index (χ1v) is 5.87. The quantitative estimate of drug-likeness (QED) is 0.534. The summed E-state index contributed by atoms with van der Waals surface area (Å²) >= 11 is 0. The molecular weight excluding hydrogens is 174 g/mol. The van der Waals surface area contributed by atoms with Crippen molar-refractivity contribution >= 4 is 5.96 Å². The molecule has 2 aliphatic rings. The van der Waals surface area contributed by atoms with Gasteiger partial charge in [-0.15, -0.1) is 0 Å². The summed E-state index contributed by atoms with van der Waals surface area (Å²) < 4.78 is 0. The lowest BCUT2D eigenvalue weighted by Gasteiger charge is -2.23. The summed E-state index contributed by atoms with van der Waals surface area (Å²) in [4.78, 5) is 6.75. The van der Waals surface area contributed by atoms with Crippen molar-refractivity contribution in [1.29, 1.82) is 0 Å². The third-order valence-electron chi connectivity index (χ3n) is 2.93. The van der Waals surface area contributed by atoms with Crippen molar-refractivity contribution in [2.24, 2.45) is 16.6 Å². The summed E-state index contributed by atoms with van der Waals surface area (Å²) in [6.45, 7) is 4.17. The largest absolute Gasteiger partial charge is 0.370 e. The van der Waals surface area contributed by atoms with Crippen molar-refractivity contribution in [2.75, 3.05) is 13.1 Å². The van der Waals surface area contributed by atoms with E-state index in [2.05, 4.69) is 16.8 Å². The zero-order valence-corrected chi connectivity index (χ0v) is 9.08. The zero-order chi connectivity index (χ0) is 9.97. The minimum absolute atomic E-state index is 0.719. The Balaban J connectivity index is 1.86. The molecule has 0 bridgehead atoms. The number of hydrogen-bond donors (Lipinski definition) is 1. The molecular formula is C11H21N3. The smallest absolute Gasteiger partial charge is 0.191 e. The van der Waals surface area contributed by atoms with Crippen LogP contribution >= 0.6 is 0 Å². The van der Waals surface area contributed by atoms with Crippen molar-refractivity contribution < 1.29 is 0 Å². The first-order valence-electron chi connectivity index (χ1n) is 5.87. The fourth-order valence-corrected chi connectivity index (χ4v) is 1.71. The average Bonchev–Trinajstić information content (AvgIpc) is 3.02. The van der Waals surface area contributed by atoms with Crippen LogP contribution in [0, 0.1) is 5.92 Å². The molecule has 3 nitrogen and oxygen atoms in total. The molecule has 80 valence electrons. The average molecular weight is 195 g/mol. The van der Waals surface area contributed by atoms with E-state index in [1.165, 1.54) is 25.7 Å². The van der Waals surface area contributed by atoms with Crippen molar-refractivity contribution in [1.82, 2.24) is 4.90 Å². The van der Waals surface area contributed by atoms with Crippen LogP contribution in [0.5, 0.6) is 0 Å². The van der Waals surface area contributed by atoms with Crippen LogP contribution in [0.2, 0.25) is 0 Å². The van der Waals surface area contributed by atoms with Gasteiger partial charge in [0, 0.05) is 19.1 Å². The van der Waals surface area contributed by atoms with E-state index in [0.717, 1.165) is 37.4 Å². The Morgan fingerprint density at radius 3 is 2.57 bits per heavy atom. The lowest BCUT2D eigenvalue weighted by atomic mass is 10.3. The van der Waals surface area contributed by atoms with Crippen molar-refractivity contribution in [3.8, 4) is 0 Å². The minimum Gasteiger partial charge on any atom is -0.370 e. The van der Waals surface area contributed by atoms with Gasteiger partial charge in [0.15, 0.2) is 5.96 Å². The first-order chi connectivity index (χ1) is 6.81. The van der Waals surface area contributed by atoms with Crippen LogP contribution in [0.4, 0.5) is 0 Å². The fourth-order valence-electron chi connectivity index (χ4n) is 1.71. The number of aliphatic imine (C=N–C) groups is 1. The number of hydrogen-bond acceptors (Lipinski definition) is 1. The van der Waals surface area contributed by atoms with E-state index in [0.29, 0.717) is 0 Å². The molecule has 2 N–H and O–H groups in total. The third kappa shape index (κ3) is 2.63. The molecule has 0 aliphatic heterocycles. The summed E-state index contributed by atoms with van der Waals surface area (Å²) in [5, 5.41) is 0. The molecule has 0 amide bonds. The second-order valence-electron chi connectivity index (χ2n) is 4.57. The normalized spacial score (nSPS) is 22.5. The highest BCUT2D eigenvalue weighted by atomic mass is 15.3. The predicted molar refractivity (Wildman–Crippen MR) is 59.2 cm³/mol. The van der Waals surface area contributed by atoms with Crippen LogP contribution < -0.4 is 5.73 Å². The van der Waals surface area contributed by atoms with Crippen LogP contribution in [-0.4, -0.2) is 30.0 Å². The molecule has 0 atom stereocenters. The van der Waals surface area contributed by atoms with Gasteiger partial charge < -0.3 is 10.6 Å². The Bertz CT molecular complexity index is 217. The van der Waals surface area contributed by atoms with E-state index in [4.69, 9.17) is 5.73 Å². The molecule has 2 rings (SSSR count). The Morgan fingerprint density at radius 1 is 1.36 bits per heavy atom. The highest BCUT2D eigenvalue weighted by Crippen LogP contribution is 2.34. The summed E-state index contributed by atoms with van der Waals surface area (Å²) in [5.74, 6) is 1.70. The van der Waals surface area contributed by atoms with Gasteiger partial charge in [-0.05, 0) is 38.0 Å². The molecule has 0 unspecified atom stereocenters. The second-order valence-corrected chi connectivity index (χ2v) is 4.57. The number of nitrogens with two attached hydrogens (primary N) is 1. The molecule has 0 heterocycles. The molecule has 0 aromatic carbocycles. The molecule has 2 aliphatic carbocycles. The van der Waals surface area contributed by atoms with Gasteiger partial charge in [0.1, 0.15) is 0 Å². The lowest BCUT2D eigenvalue weighted by molar-refractivity contribution is 0.385. The fraction of sp³-hybridized carbons (Fsp3) is 0.909. The summed E-state index contributed by atoms with van der Waals surface area (Å²) in [5.41, 5.74) is 6.00. The zero-order valence-electron chi connectivity index (χ0n) is 9.08. The Hall–Kier alpha value is -0.730. The Kier molecular flexibility index (Phi) is 2.94. The monoisotopic (exact) mass is 195 g/mol. The third-order valence-corrected chi connectivity index (χ3v) is 2.93. The van der Waals surface area contributed by atoms with Crippen LogP contribution in [0.3, 0.4) is 0 Å². The van der Waals surface area contributed by atoms with E-state index < -0.39 is 0 Å². The maximum atomic E-state index is 6.00. The summed E-state index contributed by atoms with van der Waals surface area (Å²) in [6, 6.07) is 0.719. The van der Waals surface area contributed by atoms with Crippen LogP contribution in [0.25, 0.3) is 0 Å². The van der Waals surface area contributed by atoms with E-state index in [1.54, 1.807) is 0 Å². The van der Waals surface area contributed by atoms with E-state index in [9.17, 15) is 0 Å². The molecule has 2 saturated carbocycles. The maximum absolute atomic E-state index is 6.00. The number of guanidine groups is 1. The molecule has 3 heteroatoms. The van der Waals surface area contributed by atoms with E-state index in [-0.39, 0.29) is 0 Å². The SMILES string of the molecule is CCCN=C(N)N(CC1CC1)C1CC1. The van der Waals surface area contributed by atoms with Gasteiger partial charge in [-0.1, -0.05) is 6.92 Å². The van der Waals surface area contributed by atoms with Crippen LogP contribution in [0.15, 0.2) is 4.99 Å². The highest BCUT2D eigenvalue weighted by Gasteiger charge is 2.34. The standard InChI is InChI=1S/C11H21N3/c1-2-7-13-11(12)14(10-5-6-10)8-9-3-4-9/h9-10H,2-8H2,1H3,(H2,12,13). The molecule has 0 aromatic heterocycles. The minimum atomic E-state index is 0.719. The van der Waals surface area contributed by atoms with Gasteiger partial charge >= 0.3 is 0 Å². The molecule has 14 heavy (non-hydrogen) atoms. The van der Waals surface area contributed by atoms with Crippen molar-refractivity contribution in [3.05, 3.63) is 0 Å². The van der Waals surface area contributed by atoms with Gasteiger partial charge in [0.05, 0.1) is 0 Å². The van der Waals surface area contributed by atoms with Crippen molar-refractivity contribution in [3.63, 3.8) is 0 Å². The van der Waals surface area contributed by atoms with E-state index >= 15 is 0 Å². The van der Waals surface area contributed by atoms with Gasteiger partial charge in [-0.2, -0.15) is 0 Å². The molecule has 0 spiro atoms. The Morgan fingerprint density at radius 2 is 2.07 bits per heavy atom. The molecule has 0 saturated heterocycles. The topological polar surface area (TPSA) is 41.6 Å². The second kappa shape index (κ2) is 4.20. The van der Waals surface area contributed by atoms with Gasteiger partial charge in [-0.3, -0.25) is 4.99 Å². The molecule has 2 fully saturated rings. The first kappa shape index (κ1) is 9.81. The van der Waals surface area contributed by atoms with Crippen LogP contribution in [-0.2, 0) is 0 Å². The van der Waals surface area contributed by atoms with Gasteiger partial charge in [0.25, 0.3) is 0 Å². The highest BCUT2D eigenvalue weighted by molar-refractivity contribution is 5.78. The summed E-state index contributed by atoms with van der Waals surface area (Å²) in [6.07, 6.45) is 6.50. The molecule has 0 aromatic rings. The number of nitrogens with zero attached hydrogens (tertiary/aromatic N) is 2. The molecule has 0 radical (unpaired) electrons. The van der Waals surface area contributed by atoms with E-state index in [1.807, 2.05) is 0 Å². The van der Waals surface area contributed by atoms with Crippen LogP contribution in [0.1, 0.15) is 39.0 Å². The van der Waals surface area contributed by atoms with Gasteiger partial charge in [0.2, 0.25) is 0 Å². The van der Waals surface area contributed by atoms with Crippen molar-refractivity contribution in [2.45, 2.75) is 45.1 Å². The van der Waals surface area contributed by atoms with Gasteiger partial charge in [-0.25, -0.2) is 0 Å². The Labute approximate surface area is 86.4 Å². The lowest BCUT2D eigenvalue weighted by Crippen LogP contribution is -2.40.